The third kappa shape index (κ3) is 7.12. The molecule has 2 amide bonds. The van der Waals surface area contributed by atoms with Crippen molar-refractivity contribution in [3.8, 4) is 17.2 Å². The molecular weight excluding hydrogens is 632 g/mol. The molecule has 2 heterocycles. The standard InChI is InChI=1S/C35H36Cl2FN3O5/c1-21(42)40-19-24-17-28(22-6-10-26(11-7-22)45-14-15-46-32-5-3-4-29(36)34(32)37)33(31(20-40)39-24)35(43)41(25-8-9-25)18-23-16-27(44-2)12-13-30(23)38/h3-7,10-13,16,24-25,31,39H,8-9,14-15,17-20H2,1-2H3/t24-,31-/m1/s1. The van der Waals surface area contributed by atoms with Gasteiger partial charge in [0, 0.05) is 49.8 Å². The fourth-order valence-electron chi connectivity index (χ4n) is 6.17. The van der Waals surface area contributed by atoms with Crippen molar-refractivity contribution in [1.29, 1.82) is 0 Å². The summed E-state index contributed by atoms with van der Waals surface area (Å²) < 4.78 is 31.9. The van der Waals surface area contributed by atoms with Crippen LogP contribution in [0.3, 0.4) is 0 Å². The van der Waals surface area contributed by atoms with Crippen LogP contribution in [0.4, 0.5) is 4.39 Å². The smallest absolute Gasteiger partial charge is 0.252 e. The van der Waals surface area contributed by atoms with Crippen molar-refractivity contribution in [3.63, 3.8) is 0 Å². The molecule has 0 unspecified atom stereocenters. The van der Waals surface area contributed by atoms with Gasteiger partial charge in [0.1, 0.15) is 41.3 Å². The predicted octanol–water partition coefficient (Wildman–Crippen LogP) is 6.14. The van der Waals surface area contributed by atoms with Crippen molar-refractivity contribution in [2.24, 2.45) is 0 Å². The van der Waals surface area contributed by atoms with Crippen LogP contribution in [-0.4, -0.2) is 73.2 Å². The Hall–Kier alpha value is -3.79. The lowest BCUT2D eigenvalue weighted by atomic mass is 9.82. The third-order valence-electron chi connectivity index (χ3n) is 8.65. The summed E-state index contributed by atoms with van der Waals surface area (Å²) in [7, 11) is 1.53. The van der Waals surface area contributed by atoms with E-state index in [1.165, 1.54) is 13.2 Å². The molecule has 3 aromatic carbocycles. The number of fused-ring (bicyclic) bond motifs is 2. The number of carbonyl (C=O) groups is 2. The summed E-state index contributed by atoms with van der Waals surface area (Å²) in [6, 6.07) is 17.2. The lowest BCUT2D eigenvalue weighted by Gasteiger charge is -2.44. The van der Waals surface area contributed by atoms with Crippen LogP contribution in [0.2, 0.25) is 10.0 Å². The first-order valence-corrected chi connectivity index (χ1v) is 16.2. The van der Waals surface area contributed by atoms with E-state index in [1.807, 2.05) is 24.3 Å². The second-order valence-electron chi connectivity index (χ2n) is 11.8. The summed E-state index contributed by atoms with van der Waals surface area (Å²) >= 11 is 12.3. The Morgan fingerprint density at radius 2 is 1.74 bits per heavy atom. The van der Waals surface area contributed by atoms with E-state index in [-0.39, 0.29) is 48.9 Å². The molecule has 0 radical (unpaired) electrons. The molecule has 0 spiro atoms. The number of piperazine rings is 1. The SMILES string of the molecule is COc1ccc(F)c(CN(C(=O)C2=C(c3ccc(OCCOc4cccc(Cl)c4Cl)cc3)C[C@@H]3CN(C(C)=O)C[C@H]2N3)C2CC2)c1. The van der Waals surface area contributed by atoms with Crippen molar-refractivity contribution in [2.45, 2.75) is 50.9 Å². The number of hydrogen-bond donors (Lipinski definition) is 1. The van der Waals surface area contributed by atoms with Gasteiger partial charge in [-0.1, -0.05) is 41.4 Å². The van der Waals surface area contributed by atoms with Crippen molar-refractivity contribution in [1.82, 2.24) is 15.1 Å². The summed E-state index contributed by atoms with van der Waals surface area (Å²) in [6.45, 7) is 3.21. The Kier molecular flexibility index (Phi) is 9.73. The minimum atomic E-state index is -0.382. The summed E-state index contributed by atoms with van der Waals surface area (Å²) in [4.78, 5) is 30.5. The van der Waals surface area contributed by atoms with Gasteiger partial charge < -0.3 is 29.3 Å². The molecule has 6 rings (SSSR count). The Morgan fingerprint density at radius 1 is 1.00 bits per heavy atom. The Bertz CT molecular complexity index is 1650. The molecule has 3 aliphatic rings. The predicted molar refractivity (Wildman–Crippen MR) is 175 cm³/mol. The number of halogens is 3. The van der Waals surface area contributed by atoms with Gasteiger partial charge in [0.25, 0.3) is 5.91 Å². The van der Waals surface area contributed by atoms with Gasteiger partial charge >= 0.3 is 0 Å². The summed E-state index contributed by atoms with van der Waals surface area (Å²) in [5.41, 5.74) is 2.87. The number of hydrogen-bond acceptors (Lipinski definition) is 6. The fraction of sp³-hybridized carbons (Fsp3) is 0.371. The molecule has 1 saturated carbocycles. The van der Waals surface area contributed by atoms with Gasteiger partial charge in [-0.15, -0.1) is 0 Å². The minimum absolute atomic E-state index is 0.00536. The van der Waals surface area contributed by atoms with Gasteiger partial charge in [-0.3, -0.25) is 9.59 Å². The quantitative estimate of drug-likeness (QED) is 0.248. The van der Waals surface area contributed by atoms with E-state index in [1.54, 1.807) is 47.1 Å². The van der Waals surface area contributed by atoms with Crippen LogP contribution < -0.4 is 19.5 Å². The molecule has 2 aliphatic heterocycles. The highest BCUT2D eigenvalue weighted by atomic mass is 35.5. The number of methoxy groups -OCH3 is 1. The molecule has 2 bridgehead atoms. The molecule has 0 aromatic heterocycles. The van der Waals surface area contributed by atoms with Crippen LogP contribution in [0.25, 0.3) is 5.57 Å². The van der Waals surface area contributed by atoms with Crippen LogP contribution >= 0.6 is 23.2 Å². The highest BCUT2D eigenvalue weighted by Gasteiger charge is 2.43. The van der Waals surface area contributed by atoms with E-state index in [0.29, 0.717) is 64.5 Å². The highest BCUT2D eigenvalue weighted by Crippen LogP contribution is 2.38. The average Bonchev–Trinajstić information content (AvgIpc) is 3.90. The van der Waals surface area contributed by atoms with Crippen molar-refractivity contribution >= 4 is 40.6 Å². The molecule has 8 nitrogen and oxygen atoms in total. The van der Waals surface area contributed by atoms with E-state index in [2.05, 4.69) is 5.32 Å². The van der Waals surface area contributed by atoms with Gasteiger partial charge in [0.15, 0.2) is 0 Å². The van der Waals surface area contributed by atoms with Gasteiger partial charge in [-0.05, 0) is 72.9 Å². The van der Waals surface area contributed by atoms with E-state index < -0.39 is 0 Å². The Balaban J connectivity index is 1.24. The molecular formula is C35H36Cl2FN3O5. The second kappa shape index (κ2) is 13.9. The highest BCUT2D eigenvalue weighted by molar-refractivity contribution is 6.42. The zero-order valence-electron chi connectivity index (χ0n) is 25.7. The lowest BCUT2D eigenvalue weighted by Crippen LogP contribution is -2.61. The molecule has 1 N–H and O–H groups in total. The molecule has 1 aliphatic carbocycles. The topological polar surface area (TPSA) is 80.3 Å². The number of nitrogens with zero attached hydrogens (tertiary/aromatic N) is 2. The summed E-state index contributed by atoms with van der Waals surface area (Å²) in [6.07, 6.45) is 2.29. The number of ether oxygens (including phenoxy) is 3. The molecule has 1 saturated heterocycles. The van der Waals surface area contributed by atoms with Crippen LogP contribution in [0.1, 0.15) is 37.3 Å². The van der Waals surface area contributed by atoms with Crippen molar-refractivity contribution in [2.75, 3.05) is 33.4 Å². The number of nitrogens with one attached hydrogen (secondary N) is 1. The molecule has 2 atom stereocenters. The van der Waals surface area contributed by atoms with Crippen LogP contribution in [-0.2, 0) is 16.1 Å². The zero-order chi connectivity index (χ0) is 32.4. The van der Waals surface area contributed by atoms with Crippen LogP contribution in [0.15, 0.2) is 66.2 Å². The monoisotopic (exact) mass is 667 g/mol. The van der Waals surface area contributed by atoms with Crippen LogP contribution in [0.5, 0.6) is 17.2 Å². The first kappa shape index (κ1) is 32.2. The maximum atomic E-state index is 14.9. The largest absolute Gasteiger partial charge is 0.497 e. The maximum absolute atomic E-state index is 14.9. The first-order chi connectivity index (χ1) is 22.2. The van der Waals surface area contributed by atoms with Crippen molar-refractivity contribution < 1.29 is 28.2 Å². The molecule has 46 heavy (non-hydrogen) atoms. The van der Waals surface area contributed by atoms with Gasteiger partial charge in [0.05, 0.1) is 18.2 Å². The normalized spacial score (nSPS) is 19.1. The van der Waals surface area contributed by atoms with E-state index in [0.717, 1.165) is 24.0 Å². The number of carbonyl (C=O) groups excluding carboxylic acids is 2. The van der Waals surface area contributed by atoms with E-state index in [4.69, 9.17) is 37.4 Å². The maximum Gasteiger partial charge on any atom is 0.252 e. The molecule has 11 heteroatoms. The van der Waals surface area contributed by atoms with Gasteiger partial charge in [0.2, 0.25) is 5.91 Å². The number of amides is 2. The zero-order valence-corrected chi connectivity index (χ0v) is 27.2. The van der Waals surface area contributed by atoms with E-state index in [9.17, 15) is 14.0 Å². The van der Waals surface area contributed by atoms with Crippen molar-refractivity contribution in [3.05, 3.63) is 93.2 Å². The summed E-state index contributed by atoms with van der Waals surface area (Å²) in [5, 5.41) is 4.38. The van der Waals surface area contributed by atoms with E-state index >= 15 is 0 Å². The first-order valence-electron chi connectivity index (χ1n) is 15.4. The average molecular weight is 669 g/mol. The van der Waals surface area contributed by atoms with Gasteiger partial charge in [-0.2, -0.15) is 0 Å². The molecule has 242 valence electrons. The fourth-order valence-corrected chi connectivity index (χ4v) is 6.52. The number of benzene rings is 3. The van der Waals surface area contributed by atoms with Crippen LogP contribution in [0, 0.1) is 5.82 Å². The molecule has 2 fully saturated rings. The Labute approximate surface area is 278 Å². The lowest BCUT2D eigenvalue weighted by molar-refractivity contribution is -0.132. The third-order valence-corrected chi connectivity index (χ3v) is 9.45. The molecule has 3 aromatic rings. The number of rotatable bonds is 11. The summed E-state index contributed by atoms with van der Waals surface area (Å²) in [5.74, 6) is 1.14. The van der Waals surface area contributed by atoms with Gasteiger partial charge in [-0.25, -0.2) is 4.39 Å². The minimum Gasteiger partial charge on any atom is -0.497 e. The Morgan fingerprint density at radius 3 is 2.46 bits per heavy atom. The second-order valence-corrected chi connectivity index (χ2v) is 12.6.